The number of para-hydroxylation sites is 2. The van der Waals surface area contributed by atoms with Gasteiger partial charge in [-0.15, -0.1) is 0 Å². The number of aryl methyl sites for hydroxylation is 1. The van der Waals surface area contributed by atoms with Crippen LogP contribution in [0.5, 0.6) is 0 Å². The van der Waals surface area contributed by atoms with E-state index in [1.54, 1.807) is 0 Å². The summed E-state index contributed by atoms with van der Waals surface area (Å²) in [5.41, 5.74) is 5.15. The number of nitrogens with zero attached hydrogens (tertiary/aromatic N) is 3. The molecule has 1 aliphatic carbocycles. The van der Waals surface area contributed by atoms with E-state index in [0.29, 0.717) is 6.04 Å². The molecule has 2 aromatic rings. The monoisotopic (exact) mass is 408 g/mol. The molecule has 2 heterocycles. The number of carbonyl (C=O) groups excluding carboxylic acids is 1. The number of hydrogen-bond donors (Lipinski definition) is 1. The fourth-order valence-corrected chi connectivity index (χ4v) is 5.26. The molecule has 1 N–H and O–H groups in total. The Bertz CT molecular complexity index is 873. The van der Waals surface area contributed by atoms with Crippen molar-refractivity contribution in [1.82, 2.24) is 9.47 Å². The summed E-state index contributed by atoms with van der Waals surface area (Å²) in [6.07, 6.45) is 6.38. The summed E-state index contributed by atoms with van der Waals surface area (Å²) in [7, 11) is 0. The van der Waals surface area contributed by atoms with E-state index in [9.17, 15) is 4.79 Å². The maximum atomic E-state index is 13.3. The molecule has 30 heavy (non-hydrogen) atoms. The van der Waals surface area contributed by atoms with Crippen molar-refractivity contribution >= 4 is 17.3 Å². The van der Waals surface area contributed by atoms with Crippen molar-refractivity contribution in [2.45, 2.75) is 58.9 Å². The lowest BCUT2D eigenvalue weighted by Gasteiger charge is -2.36. The van der Waals surface area contributed by atoms with Crippen LogP contribution in [0.25, 0.3) is 0 Å². The second kappa shape index (κ2) is 9.25. The number of anilines is 2. The van der Waals surface area contributed by atoms with Crippen LogP contribution >= 0.6 is 0 Å². The van der Waals surface area contributed by atoms with Gasteiger partial charge in [0.1, 0.15) is 0 Å². The fraction of sp³-hybridized carbons (Fsp3) is 0.560. The predicted molar refractivity (Wildman–Crippen MR) is 125 cm³/mol. The third kappa shape index (κ3) is 4.27. The van der Waals surface area contributed by atoms with Gasteiger partial charge in [-0.05, 0) is 51.4 Å². The molecule has 2 aliphatic rings. The molecule has 0 bridgehead atoms. The summed E-state index contributed by atoms with van der Waals surface area (Å²) in [5, 5.41) is 3.23. The van der Waals surface area contributed by atoms with Crippen LogP contribution in [0.1, 0.15) is 66.8 Å². The average molecular weight is 409 g/mol. The van der Waals surface area contributed by atoms with E-state index in [-0.39, 0.29) is 5.91 Å². The molecule has 5 heteroatoms. The molecule has 1 amide bonds. The second-order valence-electron chi connectivity index (χ2n) is 8.84. The molecular formula is C25H36N4O. The van der Waals surface area contributed by atoms with E-state index in [0.717, 1.165) is 55.4 Å². The number of aromatic nitrogens is 1. The van der Waals surface area contributed by atoms with E-state index >= 15 is 0 Å². The highest BCUT2D eigenvalue weighted by atomic mass is 16.1. The minimum absolute atomic E-state index is 0.00445. The maximum Gasteiger partial charge on any atom is 0.257 e. The Labute approximate surface area is 181 Å². The number of likely N-dealkylation sites (N-methyl/N-ethyl adjacent to an activating group) is 1. The van der Waals surface area contributed by atoms with Crippen LogP contribution in [0.15, 0.2) is 30.3 Å². The quantitative estimate of drug-likeness (QED) is 0.756. The molecule has 0 atom stereocenters. The van der Waals surface area contributed by atoms with Crippen molar-refractivity contribution in [1.29, 1.82) is 0 Å². The van der Waals surface area contributed by atoms with Gasteiger partial charge in [0.05, 0.1) is 16.9 Å². The zero-order chi connectivity index (χ0) is 21.1. The van der Waals surface area contributed by atoms with Crippen LogP contribution in [-0.4, -0.2) is 48.1 Å². The van der Waals surface area contributed by atoms with Gasteiger partial charge in [0.15, 0.2) is 0 Å². The van der Waals surface area contributed by atoms with Gasteiger partial charge in [0.25, 0.3) is 5.91 Å². The van der Waals surface area contributed by atoms with Crippen molar-refractivity contribution < 1.29 is 4.79 Å². The Morgan fingerprint density at radius 2 is 1.73 bits per heavy atom. The van der Waals surface area contributed by atoms with Gasteiger partial charge in [0.2, 0.25) is 0 Å². The number of amides is 1. The number of piperazine rings is 1. The van der Waals surface area contributed by atoms with Crippen LogP contribution in [0.2, 0.25) is 0 Å². The average Bonchev–Trinajstić information content (AvgIpc) is 3.09. The molecule has 1 aliphatic heterocycles. The normalized spacial score (nSPS) is 18.6. The fourth-order valence-electron chi connectivity index (χ4n) is 5.26. The second-order valence-corrected chi connectivity index (χ2v) is 8.84. The summed E-state index contributed by atoms with van der Waals surface area (Å²) in [6, 6.07) is 10.8. The number of nitrogens with one attached hydrogen (secondary N) is 1. The first kappa shape index (κ1) is 21.0. The molecule has 0 radical (unpaired) electrons. The van der Waals surface area contributed by atoms with Crippen LogP contribution in [-0.2, 0) is 0 Å². The van der Waals surface area contributed by atoms with Crippen molar-refractivity contribution in [3.05, 3.63) is 47.3 Å². The first-order valence-corrected chi connectivity index (χ1v) is 11.6. The lowest BCUT2D eigenvalue weighted by molar-refractivity contribution is 0.102. The van der Waals surface area contributed by atoms with E-state index in [2.05, 4.69) is 58.7 Å². The molecule has 4 rings (SSSR count). The molecule has 1 aromatic heterocycles. The summed E-state index contributed by atoms with van der Waals surface area (Å²) in [5.74, 6) is 0.00445. The first-order valence-electron chi connectivity index (χ1n) is 11.6. The third-order valence-corrected chi connectivity index (χ3v) is 6.98. The zero-order valence-corrected chi connectivity index (χ0v) is 18.8. The van der Waals surface area contributed by atoms with Gasteiger partial charge >= 0.3 is 0 Å². The SMILES string of the molecule is CCN1CCN(c2ccccc2NC(=O)c2cc(C)n(C3CCCCC3)c2C)CC1. The van der Waals surface area contributed by atoms with Gasteiger partial charge < -0.3 is 19.7 Å². The van der Waals surface area contributed by atoms with Gasteiger partial charge in [-0.1, -0.05) is 38.3 Å². The molecule has 1 saturated carbocycles. The lowest BCUT2D eigenvalue weighted by Crippen LogP contribution is -2.46. The molecule has 0 spiro atoms. The van der Waals surface area contributed by atoms with Crippen LogP contribution in [0.4, 0.5) is 11.4 Å². The van der Waals surface area contributed by atoms with E-state index in [4.69, 9.17) is 0 Å². The standard InChI is InChI=1S/C25H36N4O/c1-4-27-14-16-28(17-15-27)24-13-9-8-12-23(24)26-25(30)22-18-19(2)29(20(22)3)21-10-6-5-7-11-21/h8-9,12-13,18,21H,4-7,10-11,14-17H2,1-3H3,(H,26,30). The van der Waals surface area contributed by atoms with Crippen LogP contribution < -0.4 is 10.2 Å². The number of hydrogen-bond acceptors (Lipinski definition) is 3. The summed E-state index contributed by atoms with van der Waals surface area (Å²) in [6.45, 7) is 11.7. The van der Waals surface area contributed by atoms with Gasteiger partial charge in [0, 0.05) is 43.6 Å². The Kier molecular flexibility index (Phi) is 6.47. The largest absolute Gasteiger partial charge is 0.367 e. The zero-order valence-electron chi connectivity index (χ0n) is 18.8. The van der Waals surface area contributed by atoms with E-state index in [1.807, 2.05) is 12.1 Å². The Balaban J connectivity index is 1.52. The van der Waals surface area contributed by atoms with Crippen LogP contribution in [0, 0.1) is 13.8 Å². The van der Waals surface area contributed by atoms with Crippen molar-refractivity contribution in [2.75, 3.05) is 42.9 Å². The molecule has 162 valence electrons. The van der Waals surface area contributed by atoms with Crippen LogP contribution in [0.3, 0.4) is 0 Å². The highest BCUT2D eigenvalue weighted by Gasteiger charge is 2.24. The molecule has 0 unspecified atom stereocenters. The predicted octanol–water partition coefficient (Wildman–Crippen LogP) is 5.00. The van der Waals surface area contributed by atoms with Crippen molar-refractivity contribution in [3.63, 3.8) is 0 Å². The minimum atomic E-state index is 0.00445. The van der Waals surface area contributed by atoms with Crippen molar-refractivity contribution in [2.24, 2.45) is 0 Å². The van der Waals surface area contributed by atoms with Gasteiger partial charge in [-0.3, -0.25) is 4.79 Å². The Morgan fingerprint density at radius 3 is 2.43 bits per heavy atom. The number of carbonyl (C=O) groups is 1. The highest BCUT2D eigenvalue weighted by Crippen LogP contribution is 2.33. The third-order valence-electron chi connectivity index (χ3n) is 6.98. The Hall–Kier alpha value is -2.27. The topological polar surface area (TPSA) is 40.5 Å². The molecule has 1 saturated heterocycles. The maximum absolute atomic E-state index is 13.3. The Morgan fingerprint density at radius 1 is 1.03 bits per heavy atom. The summed E-state index contributed by atoms with van der Waals surface area (Å²) < 4.78 is 2.41. The summed E-state index contributed by atoms with van der Waals surface area (Å²) in [4.78, 5) is 18.1. The molecular weight excluding hydrogens is 372 g/mol. The van der Waals surface area contributed by atoms with Gasteiger partial charge in [-0.25, -0.2) is 0 Å². The smallest absolute Gasteiger partial charge is 0.257 e. The molecule has 2 fully saturated rings. The molecule has 1 aromatic carbocycles. The van der Waals surface area contributed by atoms with Gasteiger partial charge in [-0.2, -0.15) is 0 Å². The summed E-state index contributed by atoms with van der Waals surface area (Å²) >= 11 is 0. The number of rotatable bonds is 5. The lowest BCUT2D eigenvalue weighted by atomic mass is 9.95. The first-order chi connectivity index (χ1) is 14.6. The van der Waals surface area contributed by atoms with E-state index < -0.39 is 0 Å². The van der Waals surface area contributed by atoms with Crippen molar-refractivity contribution in [3.8, 4) is 0 Å². The highest BCUT2D eigenvalue weighted by molar-refractivity contribution is 6.07. The minimum Gasteiger partial charge on any atom is -0.367 e. The van der Waals surface area contributed by atoms with E-state index in [1.165, 1.54) is 37.8 Å². The molecule has 5 nitrogen and oxygen atoms in total. The number of benzene rings is 1.